The molecule has 4 heteroatoms. The van der Waals surface area contributed by atoms with Crippen molar-refractivity contribution < 1.29 is 20.1 Å². The van der Waals surface area contributed by atoms with Gasteiger partial charge < -0.3 is 15.3 Å². The minimum absolute atomic E-state index is 0.0444. The third-order valence-electron chi connectivity index (χ3n) is 5.43. The van der Waals surface area contributed by atoms with E-state index >= 15 is 0 Å². The SMILES string of the molecule is CC(C)CCCCCCCCCCCC(=O)C1C(O)CC(O)CC1O. The Hall–Kier alpha value is -0.450. The molecule has 0 saturated heterocycles. The lowest BCUT2D eigenvalue weighted by Gasteiger charge is -2.34. The highest BCUT2D eigenvalue weighted by Gasteiger charge is 2.39. The van der Waals surface area contributed by atoms with Gasteiger partial charge in [0.1, 0.15) is 5.78 Å². The topological polar surface area (TPSA) is 77.8 Å². The van der Waals surface area contributed by atoms with Gasteiger partial charge in [0.2, 0.25) is 0 Å². The summed E-state index contributed by atoms with van der Waals surface area (Å²) in [7, 11) is 0. The van der Waals surface area contributed by atoms with Crippen LogP contribution in [0.3, 0.4) is 0 Å². The van der Waals surface area contributed by atoms with E-state index in [0.717, 1.165) is 25.2 Å². The fourth-order valence-electron chi connectivity index (χ4n) is 3.89. The molecule has 0 radical (unpaired) electrons. The fraction of sp³-hybridized carbons (Fsp3) is 0.952. The van der Waals surface area contributed by atoms with Crippen molar-refractivity contribution in [1.82, 2.24) is 0 Å². The molecule has 0 aromatic rings. The van der Waals surface area contributed by atoms with Crippen molar-refractivity contribution in [3.05, 3.63) is 0 Å². The molecule has 1 rings (SSSR count). The summed E-state index contributed by atoms with van der Waals surface area (Å²) in [5, 5.41) is 29.4. The maximum atomic E-state index is 12.2. The standard InChI is InChI=1S/C21H40O4/c1-16(2)12-10-8-6-4-3-5-7-9-11-13-18(23)21-19(24)14-17(22)15-20(21)25/h16-17,19-22,24-25H,3-15H2,1-2H3. The van der Waals surface area contributed by atoms with E-state index in [4.69, 9.17) is 0 Å². The summed E-state index contributed by atoms with van der Waals surface area (Å²) in [6, 6.07) is 0. The van der Waals surface area contributed by atoms with Crippen LogP contribution in [0.1, 0.15) is 97.3 Å². The normalized spacial score (nSPS) is 27.0. The van der Waals surface area contributed by atoms with Crippen LogP contribution >= 0.6 is 0 Å². The van der Waals surface area contributed by atoms with E-state index in [0.29, 0.717) is 6.42 Å². The Balaban J connectivity index is 1.98. The fourth-order valence-corrected chi connectivity index (χ4v) is 3.89. The molecule has 1 saturated carbocycles. The van der Waals surface area contributed by atoms with Crippen LogP contribution in [0.4, 0.5) is 0 Å². The lowest BCUT2D eigenvalue weighted by molar-refractivity contribution is -0.139. The number of carbonyl (C=O) groups excluding carboxylic acids is 1. The first kappa shape index (κ1) is 22.6. The number of carbonyl (C=O) groups is 1. The number of aliphatic hydroxyl groups is 3. The Bertz CT molecular complexity index is 344. The van der Waals surface area contributed by atoms with Gasteiger partial charge >= 0.3 is 0 Å². The maximum Gasteiger partial charge on any atom is 0.141 e. The minimum atomic E-state index is -0.901. The van der Waals surface area contributed by atoms with Gasteiger partial charge in [0.25, 0.3) is 0 Å². The smallest absolute Gasteiger partial charge is 0.141 e. The van der Waals surface area contributed by atoms with E-state index in [9.17, 15) is 20.1 Å². The van der Waals surface area contributed by atoms with Crippen molar-refractivity contribution >= 4 is 5.78 Å². The Morgan fingerprint density at radius 2 is 1.24 bits per heavy atom. The molecule has 0 heterocycles. The highest BCUT2D eigenvalue weighted by Crippen LogP contribution is 2.27. The number of ketones is 1. The number of aliphatic hydroxyl groups excluding tert-OH is 3. The Labute approximate surface area is 154 Å². The van der Waals surface area contributed by atoms with E-state index < -0.39 is 24.2 Å². The second-order valence-electron chi connectivity index (χ2n) is 8.37. The summed E-state index contributed by atoms with van der Waals surface area (Å²) in [5.74, 6) is 0.0786. The van der Waals surface area contributed by atoms with Gasteiger partial charge in [-0.05, 0) is 12.3 Å². The van der Waals surface area contributed by atoms with Crippen LogP contribution in [-0.2, 0) is 4.79 Å². The van der Waals surface area contributed by atoms with E-state index in [1.165, 1.54) is 44.9 Å². The molecule has 0 aliphatic heterocycles. The molecule has 25 heavy (non-hydrogen) atoms. The second-order valence-corrected chi connectivity index (χ2v) is 8.37. The number of rotatable bonds is 13. The predicted octanol–water partition coefficient (Wildman–Crippen LogP) is 4.00. The monoisotopic (exact) mass is 356 g/mol. The zero-order chi connectivity index (χ0) is 18.7. The molecule has 1 aliphatic rings. The van der Waals surface area contributed by atoms with Gasteiger partial charge in [0.05, 0.1) is 24.2 Å². The number of unbranched alkanes of at least 4 members (excludes halogenated alkanes) is 8. The molecule has 0 bridgehead atoms. The second kappa shape index (κ2) is 12.8. The van der Waals surface area contributed by atoms with Gasteiger partial charge in [0, 0.05) is 19.3 Å². The molecule has 1 fully saturated rings. The first-order valence-corrected chi connectivity index (χ1v) is 10.5. The molecule has 0 aromatic heterocycles. The van der Waals surface area contributed by atoms with Crippen LogP contribution in [0.2, 0.25) is 0 Å². The maximum absolute atomic E-state index is 12.2. The van der Waals surface area contributed by atoms with Crippen molar-refractivity contribution in [1.29, 1.82) is 0 Å². The molecule has 0 amide bonds. The van der Waals surface area contributed by atoms with E-state index in [1.807, 2.05) is 0 Å². The largest absolute Gasteiger partial charge is 0.393 e. The molecule has 3 N–H and O–H groups in total. The predicted molar refractivity (Wildman–Crippen MR) is 101 cm³/mol. The Morgan fingerprint density at radius 1 is 0.800 bits per heavy atom. The van der Waals surface area contributed by atoms with E-state index in [1.54, 1.807) is 0 Å². The molecular weight excluding hydrogens is 316 g/mol. The van der Waals surface area contributed by atoms with Crippen LogP contribution in [-0.4, -0.2) is 39.4 Å². The van der Waals surface area contributed by atoms with Gasteiger partial charge in [-0.2, -0.15) is 0 Å². The van der Waals surface area contributed by atoms with Gasteiger partial charge in [-0.3, -0.25) is 4.79 Å². The highest BCUT2D eigenvalue weighted by molar-refractivity contribution is 5.82. The zero-order valence-electron chi connectivity index (χ0n) is 16.3. The average Bonchev–Trinajstić information content (AvgIpc) is 2.51. The molecule has 2 atom stereocenters. The molecule has 0 spiro atoms. The van der Waals surface area contributed by atoms with Crippen LogP contribution in [0.15, 0.2) is 0 Å². The summed E-state index contributed by atoms with van der Waals surface area (Å²) in [6.07, 6.45) is 10.6. The van der Waals surface area contributed by atoms with Crippen LogP contribution in [0.5, 0.6) is 0 Å². The number of hydrogen-bond donors (Lipinski definition) is 3. The third kappa shape index (κ3) is 9.72. The summed E-state index contributed by atoms with van der Waals surface area (Å²) < 4.78 is 0. The molecule has 1 aliphatic carbocycles. The van der Waals surface area contributed by atoms with Gasteiger partial charge in [-0.1, -0.05) is 71.6 Å². The molecule has 148 valence electrons. The summed E-state index contributed by atoms with van der Waals surface area (Å²) in [6.45, 7) is 4.56. The summed E-state index contributed by atoms with van der Waals surface area (Å²) >= 11 is 0. The van der Waals surface area contributed by atoms with Crippen molar-refractivity contribution in [2.45, 2.75) is 116 Å². The Morgan fingerprint density at radius 3 is 1.72 bits per heavy atom. The zero-order valence-corrected chi connectivity index (χ0v) is 16.3. The first-order chi connectivity index (χ1) is 11.9. The lowest BCUT2D eigenvalue weighted by Crippen LogP contribution is -2.46. The first-order valence-electron chi connectivity index (χ1n) is 10.5. The van der Waals surface area contributed by atoms with Gasteiger partial charge in [-0.25, -0.2) is 0 Å². The van der Waals surface area contributed by atoms with Gasteiger partial charge in [0.15, 0.2) is 0 Å². The van der Waals surface area contributed by atoms with Crippen LogP contribution in [0, 0.1) is 11.8 Å². The molecular formula is C21H40O4. The van der Waals surface area contributed by atoms with E-state index in [2.05, 4.69) is 13.8 Å². The molecule has 4 nitrogen and oxygen atoms in total. The van der Waals surface area contributed by atoms with Crippen molar-refractivity contribution in [2.75, 3.05) is 0 Å². The van der Waals surface area contributed by atoms with Crippen molar-refractivity contribution in [3.8, 4) is 0 Å². The van der Waals surface area contributed by atoms with Gasteiger partial charge in [-0.15, -0.1) is 0 Å². The van der Waals surface area contributed by atoms with Crippen molar-refractivity contribution in [2.24, 2.45) is 11.8 Å². The highest BCUT2D eigenvalue weighted by atomic mass is 16.3. The molecule has 0 aromatic carbocycles. The lowest BCUT2D eigenvalue weighted by atomic mass is 9.78. The van der Waals surface area contributed by atoms with Crippen LogP contribution in [0.25, 0.3) is 0 Å². The van der Waals surface area contributed by atoms with Crippen molar-refractivity contribution in [3.63, 3.8) is 0 Å². The Kier molecular flexibility index (Phi) is 11.6. The van der Waals surface area contributed by atoms with E-state index in [-0.39, 0.29) is 18.6 Å². The third-order valence-corrected chi connectivity index (χ3v) is 5.43. The number of Topliss-reactive ketones (excluding diaryl/α,β-unsaturated/α-hetero) is 1. The summed E-state index contributed by atoms with van der Waals surface area (Å²) in [5.41, 5.74) is 0. The van der Waals surface area contributed by atoms with Crippen LogP contribution < -0.4 is 0 Å². The minimum Gasteiger partial charge on any atom is -0.393 e. The summed E-state index contributed by atoms with van der Waals surface area (Å²) in [4.78, 5) is 12.2. The molecule has 2 unspecified atom stereocenters. The average molecular weight is 357 g/mol. The quantitative estimate of drug-likeness (QED) is 0.436. The number of hydrogen-bond acceptors (Lipinski definition) is 4.